The molecule has 1 aliphatic rings. The minimum Gasteiger partial charge on any atom is -0.426 e. The highest BCUT2D eigenvalue weighted by atomic mass is 32.2. The smallest absolute Gasteiger partial charge is 0.426 e. The summed E-state index contributed by atoms with van der Waals surface area (Å²) in [7, 11) is 0. The molecule has 0 bridgehead atoms. The standard InChI is InChI=1S/C19H17F3O2S2/c1-2-25-24-15-5-8-17-13(11-15)10-14(18(17)23)9-12-3-6-16(7-4-12)26-19(20,21)22/h3-8,11,14H,2,9-10H2,1H3. The van der Waals surface area contributed by atoms with Crippen LogP contribution in [0, 0.1) is 5.92 Å². The van der Waals surface area contributed by atoms with Gasteiger partial charge in [0, 0.05) is 22.1 Å². The van der Waals surface area contributed by atoms with Gasteiger partial charge in [0.1, 0.15) is 5.75 Å². The van der Waals surface area contributed by atoms with Crippen molar-refractivity contribution in [3.63, 3.8) is 0 Å². The fraction of sp³-hybridized carbons (Fsp3) is 0.316. The molecule has 0 N–H and O–H groups in total. The first-order chi connectivity index (χ1) is 12.4. The van der Waals surface area contributed by atoms with E-state index in [1.54, 1.807) is 24.3 Å². The number of fused-ring (bicyclic) bond motifs is 1. The number of carbonyl (C=O) groups is 1. The maximum Gasteiger partial charge on any atom is 0.446 e. The molecule has 0 spiro atoms. The highest BCUT2D eigenvalue weighted by Crippen LogP contribution is 2.37. The lowest BCUT2D eigenvalue weighted by Gasteiger charge is -2.09. The largest absolute Gasteiger partial charge is 0.446 e. The number of rotatable bonds is 6. The fourth-order valence-corrected chi connectivity index (χ4v) is 3.91. The van der Waals surface area contributed by atoms with Gasteiger partial charge in [0.15, 0.2) is 5.78 Å². The quantitative estimate of drug-likeness (QED) is 0.444. The summed E-state index contributed by atoms with van der Waals surface area (Å²) in [6, 6.07) is 11.7. The van der Waals surface area contributed by atoms with Crippen LogP contribution in [0.3, 0.4) is 0 Å². The van der Waals surface area contributed by atoms with Crippen LogP contribution in [0.25, 0.3) is 0 Å². The van der Waals surface area contributed by atoms with E-state index in [4.69, 9.17) is 4.18 Å². The van der Waals surface area contributed by atoms with Gasteiger partial charge in [0.05, 0.1) is 12.0 Å². The van der Waals surface area contributed by atoms with Crippen LogP contribution in [0.2, 0.25) is 0 Å². The Morgan fingerprint density at radius 1 is 1.15 bits per heavy atom. The van der Waals surface area contributed by atoms with Gasteiger partial charge in [-0.2, -0.15) is 13.2 Å². The molecule has 0 amide bonds. The van der Waals surface area contributed by atoms with Crippen LogP contribution in [0.1, 0.15) is 28.4 Å². The summed E-state index contributed by atoms with van der Waals surface area (Å²) >= 11 is 1.22. The van der Waals surface area contributed by atoms with Crippen LogP contribution in [0.4, 0.5) is 13.2 Å². The zero-order chi connectivity index (χ0) is 18.7. The Balaban J connectivity index is 1.66. The van der Waals surface area contributed by atoms with Gasteiger partial charge in [-0.25, -0.2) is 0 Å². The number of halogens is 3. The lowest BCUT2D eigenvalue weighted by Crippen LogP contribution is -2.12. The van der Waals surface area contributed by atoms with Crippen molar-refractivity contribution in [1.82, 2.24) is 0 Å². The van der Waals surface area contributed by atoms with Crippen molar-refractivity contribution in [2.24, 2.45) is 5.92 Å². The summed E-state index contributed by atoms with van der Waals surface area (Å²) in [5.74, 6) is 1.47. The van der Waals surface area contributed by atoms with Crippen LogP contribution in [0.15, 0.2) is 47.4 Å². The highest BCUT2D eigenvalue weighted by Gasteiger charge is 2.31. The Kier molecular flexibility index (Phi) is 5.87. The van der Waals surface area contributed by atoms with Crippen LogP contribution in [0.5, 0.6) is 5.75 Å². The molecule has 1 atom stereocenters. The first-order valence-electron chi connectivity index (χ1n) is 8.17. The van der Waals surface area contributed by atoms with Crippen molar-refractivity contribution in [2.45, 2.75) is 30.2 Å². The molecule has 26 heavy (non-hydrogen) atoms. The van der Waals surface area contributed by atoms with Gasteiger partial charge in [-0.15, -0.1) is 0 Å². The zero-order valence-corrected chi connectivity index (χ0v) is 15.6. The molecular formula is C19H17F3O2S2. The molecular weight excluding hydrogens is 381 g/mol. The second-order valence-corrected chi connectivity index (χ2v) is 8.09. The molecule has 1 unspecified atom stereocenters. The van der Waals surface area contributed by atoms with Crippen molar-refractivity contribution in [3.05, 3.63) is 59.2 Å². The van der Waals surface area contributed by atoms with Crippen molar-refractivity contribution in [2.75, 3.05) is 5.75 Å². The molecule has 0 aliphatic heterocycles. The average molecular weight is 398 g/mol. The predicted molar refractivity (Wildman–Crippen MR) is 98.8 cm³/mol. The Bertz CT molecular complexity index is 788. The van der Waals surface area contributed by atoms with Gasteiger partial charge >= 0.3 is 5.51 Å². The van der Waals surface area contributed by atoms with Gasteiger partial charge in [0.2, 0.25) is 0 Å². The van der Waals surface area contributed by atoms with E-state index in [-0.39, 0.29) is 28.4 Å². The molecule has 0 saturated heterocycles. The van der Waals surface area contributed by atoms with Crippen molar-refractivity contribution < 1.29 is 22.1 Å². The Hall–Kier alpha value is -1.60. The van der Waals surface area contributed by atoms with E-state index in [0.29, 0.717) is 18.4 Å². The summed E-state index contributed by atoms with van der Waals surface area (Å²) in [6.07, 6.45) is 1.14. The van der Waals surface area contributed by atoms with Gasteiger partial charge in [0.25, 0.3) is 0 Å². The number of hydrogen-bond acceptors (Lipinski definition) is 4. The molecule has 0 heterocycles. The molecule has 2 aromatic rings. The topological polar surface area (TPSA) is 26.3 Å². The van der Waals surface area contributed by atoms with E-state index in [1.807, 2.05) is 13.0 Å². The maximum atomic E-state index is 12.6. The second kappa shape index (κ2) is 7.96. The molecule has 1 aliphatic carbocycles. The van der Waals surface area contributed by atoms with Crippen LogP contribution >= 0.6 is 23.8 Å². The zero-order valence-electron chi connectivity index (χ0n) is 14.0. The molecule has 3 rings (SSSR count). The van der Waals surface area contributed by atoms with E-state index in [2.05, 4.69) is 0 Å². The molecule has 2 aromatic carbocycles. The molecule has 2 nitrogen and oxygen atoms in total. The number of hydrogen-bond donors (Lipinski definition) is 0. The molecule has 0 saturated carbocycles. The number of ketones is 1. The Labute approximate surface area is 158 Å². The maximum absolute atomic E-state index is 12.6. The lowest BCUT2D eigenvalue weighted by molar-refractivity contribution is -0.0328. The number of thioether (sulfide) groups is 1. The summed E-state index contributed by atoms with van der Waals surface area (Å²) in [4.78, 5) is 12.7. The first kappa shape index (κ1) is 19.2. The molecule has 138 valence electrons. The monoisotopic (exact) mass is 398 g/mol. The number of alkyl halides is 3. The normalized spacial score (nSPS) is 16.6. The summed E-state index contributed by atoms with van der Waals surface area (Å²) in [5.41, 5.74) is -1.74. The van der Waals surface area contributed by atoms with Crippen molar-refractivity contribution in [1.29, 1.82) is 0 Å². The molecule has 0 aromatic heterocycles. The minimum atomic E-state index is -4.29. The van der Waals surface area contributed by atoms with Crippen LogP contribution in [-0.4, -0.2) is 17.0 Å². The van der Waals surface area contributed by atoms with Gasteiger partial charge in [-0.05, 0) is 66.1 Å². The lowest BCUT2D eigenvalue weighted by atomic mass is 9.96. The van der Waals surface area contributed by atoms with Crippen LogP contribution < -0.4 is 4.18 Å². The van der Waals surface area contributed by atoms with E-state index in [9.17, 15) is 18.0 Å². The van der Waals surface area contributed by atoms with Crippen molar-refractivity contribution >= 4 is 29.6 Å². The van der Waals surface area contributed by atoms with Crippen molar-refractivity contribution in [3.8, 4) is 5.75 Å². The van der Waals surface area contributed by atoms with E-state index in [1.165, 1.54) is 24.2 Å². The van der Waals surface area contributed by atoms with Crippen LogP contribution in [-0.2, 0) is 12.8 Å². The number of Topliss-reactive ketones (excluding diaryl/α,β-unsaturated/α-hetero) is 1. The Morgan fingerprint density at radius 3 is 2.54 bits per heavy atom. The minimum absolute atomic E-state index is 0.0865. The summed E-state index contributed by atoms with van der Waals surface area (Å²) in [6.45, 7) is 2.00. The third-order valence-electron chi connectivity index (χ3n) is 4.09. The highest BCUT2D eigenvalue weighted by molar-refractivity contribution is 8.00. The van der Waals surface area contributed by atoms with E-state index < -0.39 is 5.51 Å². The van der Waals surface area contributed by atoms with Gasteiger partial charge in [-0.3, -0.25) is 4.79 Å². The van der Waals surface area contributed by atoms with E-state index >= 15 is 0 Å². The third-order valence-corrected chi connectivity index (χ3v) is 5.38. The Morgan fingerprint density at radius 2 is 1.88 bits per heavy atom. The number of benzene rings is 2. The average Bonchev–Trinajstić information content (AvgIpc) is 2.89. The summed E-state index contributed by atoms with van der Waals surface area (Å²) < 4.78 is 42.7. The predicted octanol–water partition coefficient (Wildman–Crippen LogP) is 5.94. The SMILES string of the molecule is CCSOc1ccc2c(c1)CC(Cc1ccc(SC(F)(F)F)cc1)C2=O. The third kappa shape index (κ3) is 4.76. The second-order valence-electron chi connectivity index (χ2n) is 5.97. The molecule has 7 heteroatoms. The summed E-state index contributed by atoms with van der Waals surface area (Å²) in [5, 5.41) is 0. The van der Waals surface area contributed by atoms with Gasteiger partial charge in [-0.1, -0.05) is 19.1 Å². The molecule has 0 fully saturated rings. The number of carbonyl (C=O) groups excluding carboxylic acids is 1. The van der Waals surface area contributed by atoms with E-state index in [0.717, 1.165) is 22.6 Å². The molecule has 0 radical (unpaired) electrons. The first-order valence-corrected chi connectivity index (χ1v) is 9.89. The fourth-order valence-electron chi connectivity index (χ4n) is 3.01. The van der Waals surface area contributed by atoms with Gasteiger partial charge < -0.3 is 4.18 Å².